The summed E-state index contributed by atoms with van der Waals surface area (Å²) in [5.74, 6) is -1.15. The zero-order chi connectivity index (χ0) is 18.8. The number of hydrogen-bond donors (Lipinski definition) is 0. The monoisotopic (exact) mass is 386 g/mol. The van der Waals surface area contributed by atoms with Gasteiger partial charge in [-0.1, -0.05) is 16.8 Å². The fourth-order valence-electron chi connectivity index (χ4n) is 3.24. The second-order valence-electron chi connectivity index (χ2n) is 6.51. The quantitative estimate of drug-likeness (QED) is 0.430. The Kier molecular flexibility index (Phi) is 4.85. The van der Waals surface area contributed by atoms with Gasteiger partial charge in [0.05, 0.1) is 0 Å². The van der Waals surface area contributed by atoms with Crippen molar-refractivity contribution < 1.29 is 18.9 Å². The van der Waals surface area contributed by atoms with Gasteiger partial charge >= 0.3 is 17.8 Å². The standard InChI is InChI=1S/C18H18N4O4S/c23-16-17(24)22(10-14-19-15(20-26-14)13-7-9-27-11-13)18(25)21(16)8-6-12-4-2-1-3-5-12/h4,7,9,11H,1-3,5-6,8,10H2. The van der Waals surface area contributed by atoms with Crippen LogP contribution >= 0.6 is 11.3 Å². The molecule has 8 nitrogen and oxygen atoms in total. The molecule has 2 aromatic heterocycles. The smallest absolute Gasteiger partial charge is 0.334 e. The van der Waals surface area contributed by atoms with Crippen LogP contribution in [-0.4, -0.2) is 44.3 Å². The number of allylic oxidation sites excluding steroid dienone is 1. The number of amides is 4. The highest BCUT2D eigenvalue weighted by molar-refractivity contribution is 7.08. The van der Waals surface area contributed by atoms with E-state index in [4.69, 9.17) is 4.52 Å². The van der Waals surface area contributed by atoms with Gasteiger partial charge in [0, 0.05) is 17.5 Å². The molecule has 27 heavy (non-hydrogen) atoms. The van der Waals surface area contributed by atoms with Crippen molar-refractivity contribution in [1.29, 1.82) is 0 Å². The lowest BCUT2D eigenvalue weighted by Crippen LogP contribution is -2.34. The molecule has 2 aromatic rings. The Bertz CT molecular complexity index is 902. The third-order valence-electron chi connectivity index (χ3n) is 4.72. The molecule has 3 heterocycles. The van der Waals surface area contributed by atoms with E-state index in [0.29, 0.717) is 12.2 Å². The molecule has 1 saturated heterocycles. The number of thiophene rings is 1. The lowest BCUT2D eigenvalue weighted by Gasteiger charge is -2.17. The average molecular weight is 386 g/mol. The first-order chi connectivity index (χ1) is 13.1. The van der Waals surface area contributed by atoms with Gasteiger partial charge in [0.1, 0.15) is 6.54 Å². The van der Waals surface area contributed by atoms with Crippen LogP contribution in [0.1, 0.15) is 38.0 Å². The number of carbonyl (C=O) groups excluding carboxylic acids is 3. The topological polar surface area (TPSA) is 96.6 Å². The molecular weight excluding hydrogens is 368 g/mol. The SMILES string of the molecule is O=C1C(=O)N(Cc2nc(-c3ccsc3)no2)C(=O)N1CCC1=CCCCC1. The first-order valence-electron chi connectivity index (χ1n) is 8.84. The van der Waals surface area contributed by atoms with Crippen LogP contribution in [-0.2, 0) is 16.1 Å². The van der Waals surface area contributed by atoms with E-state index in [1.165, 1.54) is 23.3 Å². The van der Waals surface area contributed by atoms with Gasteiger partial charge in [-0.15, -0.1) is 0 Å². The molecule has 0 atom stereocenters. The largest absolute Gasteiger partial charge is 0.337 e. The molecule has 1 fully saturated rings. The van der Waals surface area contributed by atoms with Crippen LogP contribution in [0.5, 0.6) is 0 Å². The third-order valence-corrected chi connectivity index (χ3v) is 5.40. The van der Waals surface area contributed by atoms with Crippen LogP contribution in [0, 0.1) is 0 Å². The predicted octanol–water partition coefficient (Wildman–Crippen LogP) is 2.98. The van der Waals surface area contributed by atoms with Crippen LogP contribution in [0.4, 0.5) is 4.79 Å². The summed E-state index contributed by atoms with van der Waals surface area (Å²) >= 11 is 1.50. The summed E-state index contributed by atoms with van der Waals surface area (Å²) in [6, 6.07) is 1.22. The van der Waals surface area contributed by atoms with Gasteiger partial charge in [0.2, 0.25) is 11.7 Å². The highest BCUT2D eigenvalue weighted by Crippen LogP contribution is 2.23. The number of imide groups is 2. The second-order valence-corrected chi connectivity index (χ2v) is 7.29. The molecule has 1 aliphatic heterocycles. The molecule has 0 N–H and O–H groups in total. The zero-order valence-corrected chi connectivity index (χ0v) is 15.4. The van der Waals surface area contributed by atoms with Crippen LogP contribution in [0.2, 0.25) is 0 Å². The molecule has 0 radical (unpaired) electrons. The number of carbonyl (C=O) groups is 3. The van der Waals surface area contributed by atoms with Gasteiger partial charge in [-0.25, -0.2) is 9.69 Å². The van der Waals surface area contributed by atoms with Crippen molar-refractivity contribution in [3.8, 4) is 11.4 Å². The first kappa shape index (κ1) is 17.6. The van der Waals surface area contributed by atoms with Gasteiger partial charge in [-0.2, -0.15) is 16.3 Å². The summed E-state index contributed by atoms with van der Waals surface area (Å²) in [6.45, 7) is 0.00939. The average Bonchev–Trinajstić information content (AvgIpc) is 3.40. The number of hydrogen-bond acceptors (Lipinski definition) is 7. The lowest BCUT2D eigenvalue weighted by molar-refractivity contribution is -0.143. The maximum absolute atomic E-state index is 12.5. The summed E-state index contributed by atoms with van der Waals surface area (Å²) in [5, 5.41) is 7.60. The van der Waals surface area contributed by atoms with Gasteiger partial charge < -0.3 is 4.52 Å². The maximum atomic E-state index is 12.5. The molecule has 2 aliphatic rings. The maximum Gasteiger partial charge on any atom is 0.334 e. The van der Waals surface area contributed by atoms with E-state index in [1.807, 2.05) is 16.8 Å². The number of aromatic nitrogens is 2. The van der Waals surface area contributed by atoms with E-state index >= 15 is 0 Å². The lowest BCUT2D eigenvalue weighted by atomic mass is 9.97. The number of nitrogens with zero attached hydrogens (tertiary/aromatic N) is 4. The van der Waals surface area contributed by atoms with Gasteiger partial charge in [-0.05, 0) is 43.6 Å². The van der Waals surface area contributed by atoms with E-state index in [-0.39, 0.29) is 19.0 Å². The number of rotatable bonds is 6. The predicted molar refractivity (Wildman–Crippen MR) is 96.4 cm³/mol. The van der Waals surface area contributed by atoms with E-state index in [1.54, 1.807) is 0 Å². The molecule has 140 valence electrons. The molecule has 0 spiro atoms. The molecule has 4 rings (SSSR count). The first-order valence-corrected chi connectivity index (χ1v) is 9.78. The molecule has 1 aliphatic carbocycles. The Balaban J connectivity index is 1.42. The molecule has 0 bridgehead atoms. The number of urea groups is 1. The molecule has 9 heteroatoms. The van der Waals surface area contributed by atoms with Gasteiger partial charge in [0.15, 0.2) is 0 Å². The fraction of sp³-hybridized carbons (Fsp3) is 0.389. The summed E-state index contributed by atoms with van der Waals surface area (Å²) in [5.41, 5.74) is 2.04. The van der Waals surface area contributed by atoms with E-state index in [9.17, 15) is 14.4 Å². The van der Waals surface area contributed by atoms with Crippen molar-refractivity contribution in [2.75, 3.05) is 6.54 Å². The van der Waals surface area contributed by atoms with Crippen molar-refractivity contribution in [2.45, 2.75) is 38.6 Å². The normalized spacial score (nSPS) is 17.8. The van der Waals surface area contributed by atoms with Crippen molar-refractivity contribution >= 4 is 29.2 Å². The summed E-state index contributed by atoms with van der Waals surface area (Å²) in [7, 11) is 0. The van der Waals surface area contributed by atoms with Crippen LogP contribution in [0.3, 0.4) is 0 Å². The zero-order valence-electron chi connectivity index (χ0n) is 14.6. The van der Waals surface area contributed by atoms with Crippen LogP contribution in [0.15, 0.2) is 33.0 Å². The Morgan fingerprint density at radius 3 is 2.74 bits per heavy atom. The van der Waals surface area contributed by atoms with E-state index < -0.39 is 17.8 Å². The van der Waals surface area contributed by atoms with Crippen molar-refractivity contribution in [3.63, 3.8) is 0 Å². The van der Waals surface area contributed by atoms with Crippen molar-refractivity contribution in [2.24, 2.45) is 0 Å². The molecular formula is C18H18N4O4S. The second kappa shape index (κ2) is 7.43. The molecule has 0 saturated carbocycles. The van der Waals surface area contributed by atoms with Crippen molar-refractivity contribution in [1.82, 2.24) is 19.9 Å². The fourth-order valence-corrected chi connectivity index (χ4v) is 3.87. The van der Waals surface area contributed by atoms with Crippen LogP contribution < -0.4 is 0 Å². The molecule has 4 amide bonds. The Labute approximate surface area is 159 Å². The summed E-state index contributed by atoms with van der Waals surface area (Å²) in [4.78, 5) is 43.0. The van der Waals surface area contributed by atoms with E-state index in [2.05, 4.69) is 16.2 Å². The minimum absolute atomic E-state index is 0.113. The highest BCUT2D eigenvalue weighted by Gasteiger charge is 2.44. The summed E-state index contributed by atoms with van der Waals surface area (Å²) < 4.78 is 5.13. The Morgan fingerprint density at radius 2 is 2.00 bits per heavy atom. The summed E-state index contributed by atoms with van der Waals surface area (Å²) in [6.07, 6.45) is 7.10. The minimum Gasteiger partial charge on any atom is -0.337 e. The van der Waals surface area contributed by atoms with Gasteiger partial charge in [-0.3, -0.25) is 14.5 Å². The highest BCUT2D eigenvalue weighted by atomic mass is 32.1. The Morgan fingerprint density at radius 1 is 1.15 bits per heavy atom. The van der Waals surface area contributed by atoms with E-state index in [0.717, 1.165) is 34.6 Å². The Hall–Kier alpha value is -2.81. The van der Waals surface area contributed by atoms with Crippen LogP contribution in [0.25, 0.3) is 11.4 Å². The molecule has 0 aromatic carbocycles. The minimum atomic E-state index is -0.854. The molecule has 0 unspecified atom stereocenters. The van der Waals surface area contributed by atoms with Crippen molar-refractivity contribution in [3.05, 3.63) is 34.4 Å². The van der Waals surface area contributed by atoms with Gasteiger partial charge in [0.25, 0.3) is 0 Å². The third kappa shape index (κ3) is 3.55.